The van der Waals surface area contributed by atoms with Gasteiger partial charge in [-0.25, -0.2) is 4.39 Å². The number of amides is 2. The van der Waals surface area contributed by atoms with Crippen molar-refractivity contribution in [1.29, 1.82) is 0 Å². The third-order valence-corrected chi connectivity index (χ3v) is 7.10. The largest absolute Gasteiger partial charge is 0.355 e. The van der Waals surface area contributed by atoms with E-state index in [-0.39, 0.29) is 11.7 Å². The van der Waals surface area contributed by atoms with E-state index in [9.17, 15) is 18.8 Å². The molecule has 0 atom stereocenters. The smallest absolute Gasteiger partial charge is 0.246 e. The highest BCUT2D eigenvalue weighted by molar-refractivity contribution is 9.11. The molecule has 1 aromatic heterocycles. The van der Waals surface area contributed by atoms with Gasteiger partial charge in [-0.15, -0.1) is 0 Å². The number of carbonyl (C=O) groups excluding carboxylic acids is 3. The molecule has 9 heteroatoms. The molecule has 7 nitrogen and oxygen atoms in total. The van der Waals surface area contributed by atoms with Crippen molar-refractivity contribution >= 4 is 40.6 Å². The van der Waals surface area contributed by atoms with Crippen molar-refractivity contribution in [2.75, 3.05) is 20.1 Å². The Morgan fingerprint density at radius 2 is 1.94 bits per heavy atom. The van der Waals surface area contributed by atoms with Crippen molar-refractivity contribution in [3.8, 4) is 0 Å². The molecule has 2 amide bonds. The number of aldehydes is 1. The maximum absolute atomic E-state index is 13.7. The van der Waals surface area contributed by atoms with Gasteiger partial charge >= 0.3 is 0 Å². The summed E-state index contributed by atoms with van der Waals surface area (Å²) in [7, 11) is 1.90. The first-order valence-corrected chi connectivity index (χ1v) is 12.7. The van der Waals surface area contributed by atoms with E-state index in [1.807, 2.05) is 17.8 Å². The van der Waals surface area contributed by atoms with Crippen LogP contribution < -0.4 is 10.6 Å². The summed E-state index contributed by atoms with van der Waals surface area (Å²) in [5.74, 6) is -0.246. The minimum Gasteiger partial charge on any atom is -0.355 e. The lowest BCUT2D eigenvalue weighted by atomic mass is 9.96. The maximum Gasteiger partial charge on any atom is 0.246 e. The van der Waals surface area contributed by atoms with Gasteiger partial charge in [0.2, 0.25) is 12.3 Å². The van der Waals surface area contributed by atoms with Gasteiger partial charge in [-0.3, -0.25) is 9.59 Å². The Kier molecular flexibility index (Phi) is 10.2. The molecule has 2 aromatic rings. The van der Waals surface area contributed by atoms with E-state index in [2.05, 4.69) is 39.2 Å². The molecule has 0 radical (unpaired) electrons. The molecule has 0 bridgehead atoms. The van der Waals surface area contributed by atoms with Gasteiger partial charge in [-0.2, -0.15) is 0 Å². The number of carbonyl (C=O) groups is 3. The first-order valence-electron chi connectivity index (χ1n) is 11.9. The Labute approximate surface area is 219 Å². The number of halogens is 2. The Morgan fingerprint density at radius 1 is 1.19 bits per heavy atom. The number of fused-ring (bicyclic) bond motifs is 1. The Morgan fingerprint density at radius 3 is 2.61 bits per heavy atom. The van der Waals surface area contributed by atoms with E-state index < -0.39 is 0 Å². The van der Waals surface area contributed by atoms with E-state index in [0.717, 1.165) is 65.4 Å². The molecular formula is C27H32BrFN4O3. The summed E-state index contributed by atoms with van der Waals surface area (Å²) in [6.07, 6.45) is 10.3. The summed E-state index contributed by atoms with van der Waals surface area (Å²) < 4.78 is 16.8. The first-order chi connectivity index (χ1) is 17.4. The molecule has 0 spiro atoms. The average Bonchev–Trinajstić information content (AvgIpc) is 3.18. The predicted octanol–water partition coefficient (Wildman–Crippen LogP) is 3.14. The number of aryl methyl sites for hydroxylation is 2. The molecule has 1 saturated heterocycles. The van der Waals surface area contributed by atoms with E-state index in [1.165, 1.54) is 23.9 Å². The van der Waals surface area contributed by atoms with Crippen LogP contribution in [0.5, 0.6) is 0 Å². The molecule has 192 valence electrons. The Balaban J connectivity index is 0.000000303. The molecule has 1 aliphatic carbocycles. The zero-order chi connectivity index (χ0) is 26.1. The molecule has 0 unspecified atom stereocenters. The molecule has 1 fully saturated rings. The molecular weight excluding hydrogens is 527 g/mol. The van der Waals surface area contributed by atoms with E-state index in [1.54, 1.807) is 11.0 Å². The highest BCUT2D eigenvalue weighted by Gasteiger charge is 2.27. The third-order valence-electron chi connectivity index (χ3n) is 6.47. The number of hydrogen-bond donors (Lipinski definition) is 2. The van der Waals surface area contributed by atoms with Crippen LogP contribution >= 0.6 is 15.9 Å². The fourth-order valence-electron chi connectivity index (χ4n) is 4.43. The third kappa shape index (κ3) is 7.01. The quantitative estimate of drug-likeness (QED) is 0.346. The molecule has 2 N–H and O–H groups in total. The second-order valence-corrected chi connectivity index (χ2v) is 9.79. The number of nitrogens with zero attached hydrogens (tertiary/aromatic N) is 2. The van der Waals surface area contributed by atoms with Crippen molar-refractivity contribution in [1.82, 2.24) is 20.1 Å². The molecule has 0 saturated carbocycles. The van der Waals surface area contributed by atoms with Crippen LogP contribution in [0.15, 0.2) is 41.5 Å². The number of benzene rings is 1. The fourth-order valence-corrected chi connectivity index (χ4v) is 4.86. The van der Waals surface area contributed by atoms with Crippen LogP contribution in [-0.4, -0.2) is 54.2 Å². The van der Waals surface area contributed by atoms with E-state index in [4.69, 9.17) is 0 Å². The number of likely N-dealkylation sites (N-methyl/N-ethyl adjacent to an activating group) is 1. The minimum atomic E-state index is -0.280. The lowest BCUT2D eigenvalue weighted by molar-refractivity contribution is -0.130. The molecule has 2 aliphatic rings. The van der Waals surface area contributed by atoms with Crippen LogP contribution in [-0.2, 0) is 46.7 Å². The van der Waals surface area contributed by atoms with E-state index in [0.29, 0.717) is 32.0 Å². The van der Waals surface area contributed by atoms with Gasteiger partial charge < -0.3 is 24.9 Å². The predicted molar refractivity (Wildman–Crippen MR) is 142 cm³/mol. The maximum atomic E-state index is 13.7. The van der Waals surface area contributed by atoms with Crippen molar-refractivity contribution in [3.05, 3.63) is 75.3 Å². The fraction of sp³-hybridized carbons (Fsp3) is 0.370. The summed E-state index contributed by atoms with van der Waals surface area (Å²) in [4.78, 5) is 34.1. The van der Waals surface area contributed by atoms with Crippen LogP contribution in [0, 0.1) is 5.82 Å². The number of rotatable bonds is 10. The second kappa shape index (κ2) is 13.3. The lowest BCUT2D eigenvalue weighted by Crippen LogP contribution is -2.58. The lowest BCUT2D eigenvalue weighted by Gasteiger charge is -2.38. The van der Waals surface area contributed by atoms with Crippen LogP contribution in [0.4, 0.5) is 4.39 Å². The normalized spacial score (nSPS) is 14.5. The van der Waals surface area contributed by atoms with Crippen molar-refractivity contribution in [2.24, 2.45) is 0 Å². The van der Waals surface area contributed by atoms with Gasteiger partial charge in [0.15, 0.2) is 0 Å². The van der Waals surface area contributed by atoms with Crippen LogP contribution in [0.2, 0.25) is 0 Å². The van der Waals surface area contributed by atoms with Gasteiger partial charge in [-0.05, 0) is 83.8 Å². The van der Waals surface area contributed by atoms with Gasteiger partial charge in [-0.1, -0.05) is 28.6 Å². The second-order valence-electron chi connectivity index (χ2n) is 8.77. The minimum absolute atomic E-state index is 0.0338. The zero-order valence-corrected chi connectivity index (χ0v) is 22.0. The highest BCUT2D eigenvalue weighted by atomic mass is 79.9. The van der Waals surface area contributed by atoms with E-state index >= 15 is 0 Å². The van der Waals surface area contributed by atoms with Crippen LogP contribution in [0.1, 0.15) is 34.4 Å². The SMILES string of the molecule is C=CC(=O)N1CC(NC)C1.O=CCn1cc(CCc2cc(F)ccc2CNC=O)c2c1CCC(Br)=C2. The van der Waals surface area contributed by atoms with Crippen LogP contribution in [0.3, 0.4) is 0 Å². The van der Waals surface area contributed by atoms with Gasteiger partial charge in [0.1, 0.15) is 12.1 Å². The summed E-state index contributed by atoms with van der Waals surface area (Å²) in [5, 5.41) is 5.72. The monoisotopic (exact) mass is 558 g/mol. The number of aromatic nitrogens is 1. The van der Waals surface area contributed by atoms with Crippen LogP contribution in [0.25, 0.3) is 6.08 Å². The summed E-state index contributed by atoms with van der Waals surface area (Å²) >= 11 is 3.58. The van der Waals surface area contributed by atoms with Crippen molar-refractivity contribution in [3.63, 3.8) is 0 Å². The van der Waals surface area contributed by atoms with Crippen molar-refractivity contribution in [2.45, 2.75) is 44.8 Å². The first kappa shape index (κ1) is 27.5. The molecule has 2 heterocycles. The summed E-state index contributed by atoms with van der Waals surface area (Å²) in [6, 6.07) is 5.14. The van der Waals surface area contributed by atoms with Gasteiger partial charge in [0.25, 0.3) is 0 Å². The summed E-state index contributed by atoms with van der Waals surface area (Å²) in [6.45, 7) is 5.78. The molecule has 4 rings (SSSR count). The van der Waals surface area contributed by atoms with Crippen molar-refractivity contribution < 1.29 is 18.8 Å². The Bertz CT molecular complexity index is 1140. The molecule has 1 aromatic carbocycles. The zero-order valence-electron chi connectivity index (χ0n) is 20.4. The van der Waals surface area contributed by atoms with Gasteiger partial charge in [0, 0.05) is 37.6 Å². The topological polar surface area (TPSA) is 83.4 Å². The highest BCUT2D eigenvalue weighted by Crippen LogP contribution is 2.32. The number of allylic oxidation sites excluding steroid dienone is 1. The number of likely N-dealkylation sites (tertiary alicyclic amines) is 1. The molecule has 1 aliphatic heterocycles. The Hall–Kier alpha value is -3.04. The standard InChI is InChI=1S/C20H20BrFN2O2.C7H12N2O/c21-17-4-6-20-19(10-17)16(12-24(20)7-8-25)2-1-14-9-18(22)5-3-15(14)11-23-13-26;1-3-7(10)9-4-6(5-9)8-2/h3,5,8-10,12-13H,1-2,4,6-7,11H2,(H,23,26);3,6,8H,1,4-5H2,2H3. The average molecular weight is 559 g/mol. The number of hydrogen-bond acceptors (Lipinski definition) is 4. The molecule has 36 heavy (non-hydrogen) atoms. The summed E-state index contributed by atoms with van der Waals surface area (Å²) in [5.41, 5.74) is 5.29. The number of nitrogens with one attached hydrogen (secondary N) is 2. The van der Waals surface area contributed by atoms with Gasteiger partial charge in [0.05, 0.1) is 6.54 Å².